The topological polar surface area (TPSA) is 29.5 Å². The molecule has 1 saturated carbocycles. The van der Waals surface area contributed by atoms with Crippen LogP contribution in [0.25, 0.3) is 0 Å². The first kappa shape index (κ1) is 16.4. The monoisotopic (exact) mass is 290 g/mol. The molecule has 118 valence electrons. The van der Waals surface area contributed by atoms with E-state index in [1.807, 2.05) is 6.07 Å². The second-order valence-electron chi connectivity index (χ2n) is 7.06. The maximum Gasteiger partial charge on any atom is 0.125 e. The second-order valence-corrected chi connectivity index (χ2v) is 7.06. The third kappa shape index (κ3) is 3.60. The minimum absolute atomic E-state index is 0.371. The van der Waals surface area contributed by atoms with Crippen LogP contribution in [0, 0.1) is 31.6 Å². The largest absolute Gasteiger partial charge is 0.496 e. The Labute approximate surface area is 129 Å². The Bertz CT molecular complexity index is 471. The molecule has 1 aromatic carbocycles. The summed E-state index contributed by atoms with van der Waals surface area (Å²) in [5.41, 5.74) is 3.32. The van der Waals surface area contributed by atoms with E-state index in [0.717, 1.165) is 41.6 Å². The maximum atomic E-state index is 10.9. The fourth-order valence-corrected chi connectivity index (χ4v) is 3.85. The molecule has 0 amide bonds. The van der Waals surface area contributed by atoms with Gasteiger partial charge in [-0.2, -0.15) is 0 Å². The normalized spacial score (nSPS) is 24.1. The van der Waals surface area contributed by atoms with Crippen LogP contribution in [0.15, 0.2) is 12.1 Å². The number of hydrogen-bond acceptors (Lipinski definition) is 2. The van der Waals surface area contributed by atoms with Crippen molar-refractivity contribution in [1.82, 2.24) is 0 Å². The third-order valence-corrected chi connectivity index (χ3v) is 5.21. The molecule has 0 heterocycles. The highest BCUT2D eigenvalue weighted by Crippen LogP contribution is 2.42. The van der Waals surface area contributed by atoms with Crippen LogP contribution in [-0.2, 0) is 0 Å². The summed E-state index contributed by atoms with van der Waals surface area (Å²) in [4.78, 5) is 0. The average Bonchev–Trinajstić information content (AvgIpc) is 2.45. The van der Waals surface area contributed by atoms with Crippen LogP contribution < -0.4 is 4.74 Å². The first-order valence-corrected chi connectivity index (χ1v) is 8.27. The van der Waals surface area contributed by atoms with Gasteiger partial charge in [-0.25, -0.2) is 0 Å². The fourth-order valence-electron chi connectivity index (χ4n) is 3.85. The lowest BCUT2D eigenvalue weighted by Crippen LogP contribution is -2.23. The Morgan fingerprint density at radius 1 is 1.05 bits per heavy atom. The molecule has 0 aromatic heterocycles. The van der Waals surface area contributed by atoms with E-state index in [2.05, 4.69) is 33.8 Å². The molecule has 0 aliphatic heterocycles. The van der Waals surface area contributed by atoms with Crippen molar-refractivity contribution in [1.29, 1.82) is 0 Å². The molecule has 1 atom stereocenters. The summed E-state index contributed by atoms with van der Waals surface area (Å²) in [6.45, 7) is 8.77. The zero-order chi connectivity index (χ0) is 15.6. The predicted octanol–water partition coefficient (Wildman–Crippen LogP) is 4.81. The smallest absolute Gasteiger partial charge is 0.125 e. The lowest BCUT2D eigenvalue weighted by molar-refractivity contribution is 0.0644. The highest BCUT2D eigenvalue weighted by molar-refractivity contribution is 5.44. The molecular weight excluding hydrogens is 260 g/mol. The molecule has 1 N–H and O–H groups in total. The molecule has 0 radical (unpaired) electrons. The molecule has 1 aliphatic rings. The van der Waals surface area contributed by atoms with Gasteiger partial charge in [-0.1, -0.05) is 19.9 Å². The van der Waals surface area contributed by atoms with E-state index in [0.29, 0.717) is 5.92 Å². The van der Waals surface area contributed by atoms with Gasteiger partial charge in [0.25, 0.3) is 0 Å². The van der Waals surface area contributed by atoms with Crippen LogP contribution in [0.4, 0.5) is 0 Å². The standard InChI is InChI=1S/C19H30O2/c1-12(2)15-6-8-16(9-7-15)19(20)18-14(4)10-13(3)11-17(18)21-5/h10-12,15-16,19-20H,6-9H2,1-5H3. The summed E-state index contributed by atoms with van der Waals surface area (Å²) in [7, 11) is 1.69. The van der Waals surface area contributed by atoms with E-state index >= 15 is 0 Å². The number of benzene rings is 1. The number of hydrogen-bond donors (Lipinski definition) is 1. The average molecular weight is 290 g/mol. The van der Waals surface area contributed by atoms with Crippen molar-refractivity contribution in [2.75, 3.05) is 7.11 Å². The number of aryl methyl sites for hydroxylation is 2. The Morgan fingerprint density at radius 3 is 2.14 bits per heavy atom. The predicted molar refractivity (Wildman–Crippen MR) is 87.7 cm³/mol. The summed E-state index contributed by atoms with van der Waals surface area (Å²) in [6.07, 6.45) is 4.34. The number of aliphatic hydroxyl groups excluding tert-OH is 1. The van der Waals surface area contributed by atoms with Gasteiger partial charge in [-0.3, -0.25) is 0 Å². The van der Waals surface area contributed by atoms with Gasteiger partial charge >= 0.3 is 0 Å². The number of aliphatic hydroxyl groups is 1. The lowest BCUT2D eigenvalue weighted by atomic mass is 9.73. The van der Waals surface area contributed by atoms with E-state index < -0.39 is 6.10 Å². The quantitative estimate of drug-likeness (QED) is 0.862. The zero-order valence-electron chi connectivity index (χ0n) is 14.1. The fraction of sp³-hybridized carbons (Fsp3) is 0.684. The van der Waals surface area contributed by atoms with Gasteiger partial charge in [0.1, 0.15) is 5.75 Å². The van der Waals surface area contributed by atoms with Gasteiger partial charge in [0.2, 0.25) is 0 Å². The van der Waals surface area contributed by atoms with Gasteiger partial charge in [0.15, 0.2) is 0 Å². The molecule has 1 unspecified atom stereocenters. The first-order chi connectivity index (χ1) is 9.93. The van der Waals surface area contributed by atoms with Gasteiger partial charge in [-0.15, -0.1) is 0 Å². The maximum absolute atomic E-state index is 10.9. The molecule has 1 fully saturated rings. The SMILES string of the molecule is COc1cc(C)cc(C)c1C(O)C1CCC(C(C)C)CC1. The van der Waals surface area contributed by atoms with Crippen molar-refractivity contribution in [2.24, 2.45) is 17.8 Å². The molecule has 0 saturated heterocycles. The molecule has 21 heavy (non-hydrogen) atoms. The molecule has 0 bridgehead atoms. The second kappa shape index (κ2) is 6.83. The summed E-state index contributed by atoms with van der Waals surface area (Å²) in [6, 6.07) is 4.17. The molecule has 2 rings (SSSR count). The van der Waals surface area contributed by atoms with Crippen molar-refractivity contribution >= 4 is 0 Å². The molecule has 0 spiro atoms. The van der Waals surface area contributed by atoms with Crippen LogP contribution in [-0.4, -0.2) is 12.2 Å². The third-order valence-electron chi connectivity index (χ3n) is 5.21. The molecular formula is C19H30O2. The number of ether oxygens (including phenoxy) is 1. The molecule has 1 aromatic rings. The van der Waals surface area contributed by atoms with E-state index in [9.17, 15) is 5.11 Å². The first-order valence-electron chi connectivity index (χ1n) is 8.27. The van der Waals surface area contributed by atoms with Crippen LogP contribution in [0.1, 0.15) is 62.3 Å². The van der Waals surface area contributed by atoms with Gasteiger partial charge in [0, 0.05) is 5.56 Å². The van der Waals surface area contributed by atoms with Gasteiger partial charge in [0.05, 0.1) is 13.2 Å². The van der Waals surface area contributed by atoms with Gasteiger partial charge in [-0.05, 0) is 74.5 Å². The van der Waals surface area contributed by atoms with Crippen molar-refractivity contribution in [3.63, 3.8) is 0 Å². The van der Waals surface area contributed by atoms with Crippen molar-refractivity contribution in [3.8, 4) is 5.75 Å². The summed E-state index contributed by atoms with van der Waals surface area (Å²) < 4.78 is 5.52. The van der Waals surface area contributed by atoms with Crippen LogP contribution >= 0.6 is 0 Å². The van der Waals surface area contributed by atoms with Crippen LogP contribution in [0.3, 0.4) is 0 Å². The number of methoxy groups -OCH3 is 1. The summed E-state index contributed by atoms with van der Waals surface area (Å²) in [5.74, 6) is 2.80. The highest BCUT2D eigenvalue weighted by Gasteiger charge is 2.30. The minimum Gasteiger partial charge on any atom is -0.496 e. The van der Waals surface area contributed by atoms with Crippen LogP contribution in [0.5, 0.6) is 5.75 Å². The molecule has 1 aliphatic carbocycles. The van der Waals surface area contributed by atoms with E-state index in [-0.39, 0.29) is 0 Å². The van der Waals surface area contributed by atoms with E-state index in [1.165, 1.54) is 18.4 Å². The van der Waals surface area contributed by atoms with Gasteiger partial charge < -0.3 is 9.84 Å². The zero-order valence-corrected chi connectivity index (χ0v) is 14.1. The minimum atomic E-state index is -0.395. The van der Waals surface area contributed by atoms with Crippen molar-refractivity contribution in [3.05, 3.63) is 28.8 Å². The Hall–Kier alpha value is -1.02. The van der Waals surface area contributed by atoms with E-state index in [4.69, 9.17) is 4.74 Å². The Morgan fingerprint density at radius 2 is 1.62 bits per heavy atom. The van der Waals surface area contributed by atoms with E-state index in [1.54, 1.807) is 7.11 Å². The summed E-state index contributed by atoms with van der Waals surface area (Å²) in [5, 5.41) is 10.9. The van der Waals surface area contributed by atoms with Crippen molar-refractivity contribution < 1.29 is 9.84 Å². The lowest BCUT2D eigenvalue weighted by Gasteiger charge is -2.34. The molecule has 2 heteroatoms. The highest BCUT2D eigenvalue weighted by atomic mass is 16.5. The number of rotatable bonds is 4. The Balaban J connectivity index is 2.16. The molecule has 2 nitrogen and oxygen atoms in total. The van der Waals surface area contributed by atoms with Crippen LogP contribution in [0.2, 0.25) is 0 Å². The van der Waals surface area contributed by atoms with Crippen molar-refractivity contribution in [2.45, 2.75) is 59.5 Å². The summed E-state index contributed by atoms with van der Waals surface area (Å²) >= 11 is 0. The Kier molecular flexibility index (Phi) is 5.32.